The Morgan fingerprint density at radius 2 is 1.17 bits per heavy atom. The Bertz CT molecular complexity index is 554. The number of hydrogen-bond donors (Lipinski definition) is 0. The van der Waals surface area contributed by atoms with Gasteiger partial charge in [-0.25, -0.2) is 0 Å². The van der Waals surface area contributed by atoms with Crippen molar-refractivity contribution in [1.29, 1.82) is 0 Å². The molecule has 0 heterocycles. The van der Waals surface area contributed by atoms with E-state index in [-0.39, 0.29) is 0 Å². The summed E-state index contributed by atoms with van der Waals surface area (Å²) in [6.45, 7) is 7.10. The van der Waals surface area contributed by atoms with Crippen molar-refractivity contribution >= 4 is 0 Å². The van der Waals surface area contributed by atoms with Gasteiger partial charge in [-0.3, -0.25) is 0 Å². The first kappa shape index (κ1) is 23.9. The second-order valence-corrected chi connectivity index (χ2v) is 11.1. The first-order valence-electron chi connectivity index (χ1n) is 13.8. The van der Waals surface area contributed by atoms with Crippen molar-refractivity contribution in [1.82, 2.24) is 0 Å². The highest BCUT2D eigenvalue weighted by Crippen LogP contribution is 2.41. The molecule has 0 nitrogen and oxygen atoms in total. The maximum atomic E-state index is 2.50. The van der Waals surface area contributed by atoms with Gasteiger partial charge in [0.1, 0.15) is 0 Å². The van der Waals surface area contributed by atoms with Gasteiger partial charge in [0.05, 0.1) is 0 Å². The van der Waals surface area contributed by atoms with Crippen LogP contribution in [0.4, 0.5) is 0 Å². The van der Waals surface area contributed by atoms with Crippen molar-refractivity contribution in [2.75, 3.05) is 0 Å². The highest BCUT2D eigenvalue weighted by Gasteiger charge is 2.25. The fourth-order valence-electron chi connectivity index (χ4n) is 6.33. The molecule has 170 valence electrons. The minimum atomic E-state index is 0.829. The van der Waals surface area contributed by atoms with E-state index in [1.54, 1.807) is 11.1 Å². The van der Waals surface area contributed by atoms with Crippen LogP contribution in [-0.2, 0) is 0 Å². The Labute approximate surface area is 188 Å². The number of unbranched alkanes of at least 4 members (excludes halogenated alkanes) is 4. The number of rotatable bonds is 11. The third kappa shape index (κ3) is 7.42. The predicted octanol–water partition coefficient (Wildman–Crippen LogP) is 10.0. The van der Waals surface area contributed by atoms with E-state index in [1.165, 1.54) is 103 Å². The largest absolute Gasteiger partial charge is 0.0654 e. The predicted molar refractivity (Wildman–Crippen MR) is 133 cm³/mol. The topological polar surface area (TPSA) is 0 Å². The maximum absolute atomic E-state index is 2.50. The molecule has 1 aromatic rings. The first-order valence-corrected chi connectivity index (χ1v) is 13.8. The molecule has 0 amide bonds. The van der Waals surface area contributed by atoms with Crippen LogP contribution in [-0.4, -0.2) is 0 Å². The van der Waals surface area contributed by atoms with Crippen LogP contribution >= 0.6 is 0 Å². The van der Waals surface area contributed by atoms with Gasteiger partial charge in [0.25, 0.3) is 0 Å². The van der Waals surface area contributed by atoms with Crippen molar-refractivity contribution in [2.24, 2.45) is 17.8 Å². The summed E-state index contributed by atoms with van der Waals surface area (Å²) in [6, 6.07) is 9.98. The van der Waals surface area contributed by atoms with Crippen LogP contribution in [0, 0.1) is 17.8 Å². The molecule has 1 unspecified atom stereocenters. The molecule has 2 aliphatic rings. The van der Waals surface area contributed by atoms with Crippen molar-refractivity contribution < 1.29 is 0 Å². The van der Waals surface area contributed by atoms with Gasteiger partial charge >= 0.3 is 0 Å². The Kier molecular flexibility index (Phi) is 10.3. The van der Waals surface area contributed by atoms with Crippen LogP contribution in [0.25, 0.3) is 0 Å². The van der Waals surface area contributed by atoms with E-state index in [0.717, 1.165) is 29.6 Å². The Hall–Kier alpha value is -0.780. The molecule has 2 saturated carbocycles. The normalized spacial score (nSPS) is 28.4. The SMILES string of the molecule is CCCCCCCC1CCC(c2ccc(C3CCC(CC(C)CC)CC3)cc2)CC1. The average Bonchev–Trinajstić information content (AvgIpc) is 2.80. The zero-order valence-electron chi connectivity index (χ0n) is 20.5. The Balaban J connectivity index is 1.38. The molecule has 0 aromatic heterocycles. The molecule has 1 atom stereocenters. The summed E-state index contributed by atoms with van der Waals surface area (Å²) >= 11 is 0. The standard InChI is InChI=1S/C30H50/c1-4-6-7-8-9-10-25-11-15-27(16-12-25)29-19-21-30(22-20-29)28-17-13-26(14-18-28)23-24(3)5-2/h19-22,24-28H,4-18,23H2,1-3H3. The lowest BCUT2D eigenvalue weighted by Crippen LogP contribution is -2.16. The molecular weight excluding hydrogens is 360 g/mol. The van der Waals surface area contributed by atoms with Crippen molar-refractivity contribution in [3.05, 3.63) is 35.4 Å². The quantitative estimate of drug-likeness (QED) is 0.318. The summed E-state index contributed by atoms with van der Waals surface area (Å²) in [5, 5.41) is 0. The van der Waals surface area contributed by atoms with Gasteiger partial charge in [-0.15, -0.1) is 0 Å². The lowest BCUT2D eigenvalue weighted by Gasteiger charge is -2.31. The maximum Gasteiger partial charge on any atom is -0.0162 e. The van der Waals surface area contributed by atoms with E-state index in [4.69, 9.17) is 0 Å². The zero-order valence-corrected chi connectivity index (χ0v) is 20.5. The van der Waals surface area contributed by atoms with Crippen LogP contribution in [0.15, 0.2) is 24.3 Å². The van der Waals surface area contributed by atoms with Crippen LogP contribution in [0.2, 0.25) is 0 Å². The second-order valence-electron chi connectivity index (χ2n) is 11.1. The smallest absolute Gasteiger partial charge is 0.0162 e. The zero-order chi connectivity index (χ0) is 21.2. The van der Waals surface area contributed by atoms with Crippen molar-refractivity contribution in [3.8, 4) is 0 Å². The van der Waals surface area contributed by atoms with E-state index >= 15 is 0 Å². The van der Waals surface area contributed by atoms with E-state index in [9.17, 15) is 0 Å². The van der Waals surface area contributed by atoms with E-state index < -0.39 is 0 Å². The van der Waals surface area contributed by atoms with E-state index in [0.29, 0.717) is 0 Å². The molecular formula is C30H50. The third-order valence-corrected chi connectivity index (χ3v) is 8.72. The monoisotopic (exact) mass is 410 g/mol. The van der Waals surface area contributed by atoms with Gasteiger partial charge in [0, 0.05) is 0 Å². The van der Waals surface area contributed by atoms with E-state index in [2.05, 4.69) is 45.0 Å². The van der Waals surface area contributed by atoms with Crippen molar-refractivity contribution in [2.45, 2.75) is 135 Å². The van der Waals surface area contributed by atoms with Gasteiger partial charge in [-0.1, -0.05) is 90.0 Å². The van der Waals surface area contributed by atoms with Crippen LogP contribution < -0.4 is 0 Å². The molecule has 1 aromatic carbocycles. The summed E-state index contributed by atoms with van der Waals surface area (Å²) in [6.07, 6.45) is 23.1. The molecule has 0 aliphatic heterocycles. The van der Waals surface area contributed by atoms with Gasteiger partial charge in [-0.05, 0) is 98.5 Å². The molecule has 0 N–H and O–H groups in total. The van der Waals surface area contributed by atoms with Crippen molar-refractivity contribution in [3.63, 3.8) is 0 Å². The van der Waals surface area contributed by atoms with E-state index in [1.807, 2.05) is 0 Å². The molecule has 2 aliphatic carbocycles. The highest BCUT2D eigenvalue weighted by atomic mass is 14.3. The number of benzene rings is 1. The molecule has 0 bridgehead atoms. The second kappa shape index (κ2) is 12.9. The molecule has 3 rings (SSSR count). The molecule has 0 spiro atoms. The van der Waals surface area contributed by atoms with Gasteiger partial charge in [-0.2, -0.15) is 0 Å². The molecule has 30 heavy (non-hydrogen) atoms. The third-order valence-electron chi connectivity index (χ3n) is 8.72. The van der Waals surface area contributed by atoms with Gasteiger partial charge in [0.2, 0.25) is 0 Å². The Morgan fingerprint density at radius 3 is 1.67 bits per heavy atom. The summed E-state index contributed by atoms with van der Waals surface area (Å²) in [5.74, 6) is 4.60. The van der Waals surface area contributed by atoms with Crippen LogP contribution in [0.1, 0.15) is 146 Å². The summed E-state index contributed by atoms with van der Waals surface area (Å²) in [4.78, 5) is 0. The Morgan fingerprint density at radius 1 is 0.667 bits per heavy atom. The highest BCUT2D eigenvalue weighted by molar-refractivity contribution is 5.28. The average molecular weight is 411 g/mol. The van der Waals surface area contributed by atoms with Gasteiger partial charge in [0.15, 0.2) is 0 Å². The molecule has 0 heteroatoms. The minimum Gasteiger partial charge on any atom is -0.0654 e. The summed E-state index contributed by atoms with van der Waals surface area (Å²) in [5.41, 5.74) is 3.26. The lowest BCUT2D eigenvalue weighted by molar-refractivity contribution is 0.273. The summed E-state index contributed by atoms with van der Waals surface area (Å²) < 4.78 is 0. The fraction of sp³-hybridized carbons (Fsp3) is 0.800. The molecule has 0 saturated heterocycles. The van der Waals surface area contributed by atoms with Crippen LogP contribution in [0.3, 0.4) is 0 Å². The number of hydrogen-bond acceptors (Lipinski definition) is 0. The molecule has 2 fully saturated rings. The lowest BCUT2D eigenvalue weighted by atomic mass is 9.74. The fourth-order valence-corrected chi connectivity index (χ4v) is 6.33. The summed E-state index contributed by atoms with van der Waals surface area (Å²) in [7, 11) is 0. The minimum absolute atomic E-state index is 0.829. The molecule has 0 radical (unpaired) electrons. The first-order chi connectivity index (χ1) is 14.7. The van der Waals surface area contributed by atoms with Crippen LogP contribution in [0.5, 0.6) is 0 Å². The van der Waals surface area contributed by atoms with Gasteiger partial charge < -0.3 is 0 Å².